The molecular formula is C14H17NO2. The standard InChI is InChI=1S/C14H17NO2/c1-10(16)11-3-5-12(6-4-11)14-8-7-13(17-14)9-15-2/h3-8,10,15-16H,9H2,1-2H3. The Labute approximate surface area is 101 Å². The number of rotatable bonds is 4. The lowest BCUT2D eigenvalue weighted by atomic mass is 10.1. The van der Waals surface area contributed by atoms with Crippen LogP contribution >= 0.6 is 0 Å². The summed E-state index contributed by atoms with van der Waals surface area (Å²) in [5, 5.41) is 12.5. The molecule has 0 bridgehead atoms. The maximum absolute atomic E-state index is 9.43. The van der Waals surface area contributed by atoms with Crippen molar-refractivity contribution in [3.8, 4) is 11.3 Å². The normalized spacial score (nSPS) is 12.6. The lowest BCUT2D eigenvalue weighted by molar-refractivity contribution is 0.199. The molecule has 3 nitrogen and oxygen atoms in total. The maximum atomic E-state index is 9.43. The van der Waals surface area contributed by atoms with Gasteiger partial charge in [-0.1, -0.05) is 24.3 Å². The molecule has 90 valence electrons. The third kappa shape index (κ3) is 2.75. The Balaban J connectivity index is 2.21. The van der Waals surface area contributed by atoms with Gasteiger partial charge in [-0.15, -0.1) is 0 Å². The highest BCUT2D eigenvalue weighted by molar-refractivity contribution is 5.58. The average Bonchev–Trinajstić information content (AvgIpc) is 2.78. The van der Waals surface area contributed by atoms with Crippen molar-refractivity contribution in [3.05, 3.63) is 47.7 Å². The van der Waals surface area contributed by atoms with Crippen molar-refractivity contribution < 1.29 is 9.52 Å². The van der Waals surface area contributed by atoms with Crippen LogP contribution in [-0.2, 0) is 6.54 Å². The minimum Gasteiger partial charge on any atom is -0.460 e. The summed E-state index contributed by atoms with van der Waals surface area (Å²) in [4.78, 5) is 0. The first-order valence-electron chi connectivity index (χ1n) is 5.72. The van der Waals surface area contributed by atoms with Crippen LogP contribution in [0.3, 0.4) is 0 Å². The molecule has 0 spiro atoms. The predicted molar refractivity (Wildman–Crippen MR) is 67.5 cm³/mol. The topological polar surface area (TPSA) is 45.4 Å². The van der Waals surface area contributed by atoms with E-state index in [-0.39, 0.29) is 0 Å². The summed E-state index contributed by atoms with van der Waals surface area (Å²) in [6, 6.07) is 11.7. The average molecular weight is 231 g/mol. The van der Waals surface area contributed by atoms with E-state index in [1.807, 2.05) is 43.4 Å². The number of hydrogen-bond acceptors (Lipinski definition) is 3. The number of aliphatic hydroxyl groups excluding tert-OH is 1. The zero-order chi connectivity index (χ0) is 12.3. The van der Waals surface area contributed by atoms with Gasteiger partial charge in [-0.05, 0) is 31.7 Å². The SMILES string of the molecule is CNCc1ccc(-c2ccc(C(C)O)cc2)o1. The molecule has 0 aliphatic rings. The van der Waals surface area contributed by atoms with Gasteiger partial charge in [0, 0.05) is 5.56 Å². The molecule has 0 saturated heterocycles. The summed E-state index contributed by atoms with van der Waals surface area (Å²) in [6.07, 6.45) is -0.430. The Bertz CT molecular complexity index is 471. The van der Waals surface area contributed by atoms with E-state index in [1.165, 1.54) is 0 Å². The van der Waals surface area contributed by atoms with Crippen LogP contribution in [0.2, 0.25) is 0 Å². The van der Waals surface area contributed by atoms with Crippen molar-refractivity contribution in [2.45, 2.75) is 19.6 Å². The van der Waals surface area contributed by atoms with Crippen LogP contribution in [0.25, 0.3) is 11.3 Å². The third-order valence-corrected chi connectivity index (χ3v) is 2.69. The van der Waals surface area contributed by atoms with E-state index in [2.05, 4.69) is 5.32 Å². The van der Waals surface area contributed by atoms with Crippen molar-refractivity contribution in [2.24, 2.45) is 0 Å². The summed E-state index contributed by atoms with van der Waals surface area (Å²) < 4.78 is 5.69. The van der Waals surface area contributed by atoms with Gasteiger partial charge in [-0.3, -0.25) is 0 Å². The fourth-order valence-corrected chi connectivity index (χ4v) is 1.73. The molecule has 3 heteroatoms. The zero-order valence-electron chi connectivity index (χ0n) is 10.1. The summed E-state index contributed by atoms with van der Waals surface area (Å²) in [7, 11) is 1.89. The van der Waals surface area contributed by atoms with Crippen molar-refractivity contribution >= 4 is 0 Å². The fraction of sp³-hybridized carbons (Fsp3) is 0.286. The van der Waals surface area contributed by atoms with E-state index >= 15 is 0 Å². The van der Waals surface area contributed by atoms with Crippen molar-refractivity contribution in [1.82, 2.24) is 5.32 Å². The van der Waals surface area contributed by atoms with Gasteiger partial charge in [-0.25, -0.2) is 0 Å². The van der Waals surface area contributed by atoms with Crippen LogP contribution in [0.15, 0.2) is 40.8 Å². The molecule has 1 heterocycles. The van der Waals surface area contributed by atoms with Crippen LogP contribution < -0.4 is 5.32 Å². The smallest absolute Gasteiger partial charge is 0.134 e. The van der Waals surface area contributed by atoms with Crippen LogP contribution in [-0.4, -0.2) is 12.2 Å². The van der Waals surface area contributed by atoms with Crippen LogP contribution in [0, 0.1) is 0 Å². The van der Waals surface area contributed by atoms with Gasteiger partial charge >= 0.3 is 0 Å². The van der Waals surface area contributed by atoms with E-state index in [0.717, 1.165) is 29.2 Å². The molecule has 1 aromatic heterocycles. The molecule has 0 saturated carbocycles. The first-order valence-corrected chi connectivity index (χ1v) is 5.72. The first-order chi connectivity index (χ1) is 8.20. The molecule has 0 fully saturated rings. The second kappa shape index (κ2) is 5.17. The van der Waals surface area contributed by atoms with E-state index < -0.39 is 6.10 Å². The second-order valence-corrected chi connectivity index (χ2v) is 4.09. The molecule has 2 aromatic rings. The highest BCUT2D eigenvalue weighted by Gasteiger charge is 2.05. The van der Waals surface area contributed by atoms with Gasteiger partial charge in [0.1, 0.15) is 11.5 Å². The molecule has 2 N–H and O–H groups in total. The van der Waals surface area contributed by atoms with Gasteiger partial charge < -0.3 is 14.8 Å². The molecule has 0 aliphatic heterocycles. The molecule has 1 unspecified atom stereocenters. The molecule has 17 heavy (non-hydrogen) atoms. The predicted octanol–water partition coefficient (Wildman–Crippen LogP) is 2.72. The molecule has 0 amide bonds. The Kier molecular flexibility index (Phi) is 3.61. The Hall–Kier alpha value is -1.58. The summed E-state index contributed by atoms with van der Waals surface area (Å²) in [5.41, 5.74) is 1.94. The number of nitrogens with one attached hydrogen (secondary N) is 1. The van der Waals surface area contributed by atoms with Crippen molar-refractivity contribution in [1.29, 1.82) is 0 Å². The quantitative estimate of drug-likeness (QED) is 0.850. The largest absolute Gasteiger partial charge is 0.460 e. The van der Waals surface area contributed by atoms with Crippen LogP contribution in [0.1, 0.15) is 24.4 Å². The number of benzene rings is 1. The molecule has 2 rings (SSSR count). The lowest BCUT2D eigenvalue weighted by Gasteiger charge is -2.04. The van der Waals surface area contributed by atoms with E-state index in [9.17, 15) is 5.11 Å². The van der Waals surface area contributed by atoms with Gasteiger partial charge in [0.05, 0.1) is 12.6 Å². The summed E-state index contributed by atoms with van der Waals surface area (Å²) in [6.45, 7) is 2.48. The second-order valence-electron chi connectivity index (χ2n) is 4.09. The highest BCUT2D eigenvalue weighted by atomic mass is 16.3. The first kappa shape index (κ1) is 11.9. The van der Waals surface area contributed by atoms with Gasteiger partial charge in [-0.2, -0.15) is 0 Å². The molecule has 1 atom stereocenters. The Morgan fingerprint density at radius 2 is 1.88 bits per heavy atom. The van der Waals surface area contributed by atoms with Crippen LogP contribution in [0.4, 0.5) is 0 Å². The van der Waals surface area contributed by atoms with E-state index in [0.29, 0.717) is 0 Å². The summed E-state index contributed by atoms with van der Waals surface area (Å²) >= 11 is 0. The van der Waals surface area contributed by atoms with E-state index in [1.54, 1.807) is 6.92 Å². The van der Waals surface area contributed by atoms with Crippen molar-refractivity contribution in [2.75, 3.05) is 7.05 Å². The fourth-order valence-electron chi connectivity index (χ4n) is 1.73. The Morgan fingerprint density at radius 1 is 1.18 bits per heavy atom. The molecule has 0 radical (unpaired) electrons. The monoisotopic (exact) mass is 231 g/mol. The molecule has 1 aromatic carbocycles. The Morgan fingerprint density at radius 3 is 2.47 bits per heavy atom. The number of aliphatic hydroxyl groups is 1. The van der Waals surface area contributed by atoms with Gasteiger partial charge in [0.15, 0.2) is 0 Å². The van der Waals surface area contributed by atoms with Crippen LogP contribution in [0.5, 0.6) is 0 Å². The van der Waals surface area contributed by atoms with Gasteiger partial charge in [0.2, 0.25) is 0 Å². The molecule has 0 aliphatic carbocycles. The maximum Gasteiger partial charge on any atom is 0.134 e. The van der Waals surface area contributed by atoms with E-state index in [4.69, 9.17) is 4.42 Å². The third-order valence-electron chi connectivity index (χ3n) is 2.69. The zero-order valence-corrected chi connectivity index (χ0v) is 10.1. The number of furan rings is 1. The minimum atomic E-state index is -0.430. The lowest BCUT2D eigenvalue weighted by Crippen LogP contribution is -2.03. The van der Waals surface area contributed by atoms with Crippen molar-refractivity contribution in [3.63, 3.8) is 0 Å². The highest BCUT2D eigenvalue weighted by Crippen LogP contribution is 2.24. The van der Waals surface area contributed by atoms with Gasteiger partial charge in [0.25, 0.3) is 0 Å². The summed E-state index contributed by atoms with van der Waals surface area (Å²) in [5.74, 6) is 1.77. The number of hydrogen-bond donors (Lipinski definition) is 2. The minimum absolute atomic E-state index is 0.430. The molecular weight excluding hydrogens is 214 g/mol.